The molecule has 0 heterocycles. The number of nitrogens with zero attached hydrogens (tertiary/aromatic N) is 3. The topological polar surface area (TPSA) is 47.3 Å². The first-order chi connectivity index (χ1) is 7.15. The molecule has 0 atom stereocenters. The first-order valence-electron chi connectivity index (χ1n) is 5.48. The number of carbonyl (C=O) groups excluding carboxylic acids is 1. The minimum atomic E-state index is 0.166. The van der Waals surface area contributed by atoms with Crippen LogP contribution in [0.5, 0.6) is 0 Å². The van der Waals surface area contributed by atoms with Crippen molar-refractivity contribution < 1.29 is 4.79 Å². The first kappa shape index (κ1) is 13.9. The monoisotopic (exact) mass is 211 g/mol. The van der Waals surface area contributed by atoms with Crippen LogP contribution in [0.25, 0.3) is 0 Å². The fraction of sp³-hybridized carbons (Fsp3) is 0.818. The van der Waals surface area contributed by atoms with Crippen LogP contribution in [0.15, 0.2) is 0 Å². The predicted molar refractivity (Wildman–Crippen MR) is 60.3 cm³/mol. The van der Waals surface area contributed by atoms with Crippen LogP contribution in [0, 0.1) is 11.3 Å². The van der Waals surface area contributed by atoms with Crippen LogP contribution in [-0.2, 0) is 4.79 Å². The summed E-state index contributed by atoms with van der Waals surface area (Å²) in [6.07, 6.45) is 1.39. The van der Waals surface area contributed by atoms with Crippen molar-refractivity contribution in [1.82, 2.24) is 9.80 Å². The lowest BCUT2D eigenvalue weighted by molar-refractivity contribution is -0.131. The molecule has 0 spiro atoms. The molecule has 0 saturated carbocycles. The molecule has 0 aromatic heterocycles. The van der Waals surface area contributed by atoms with E-state index in [0.717, 1.165) is 26.1 Å². The Morgan fingerprint density at radius 3 is 2.40 bits per heavy atom. The quantitative estimate of drug-likeness (QED) is 0.592. The highest BCUT2D eigenvalue weighted by atomic mass is 16.2. The van der Waals surface area contributed by atoms with E-state index in [0.29, 0.717) is 13.0 Å². The van der Waals surface area contributed by atoms with Crippen molar-refractivity contribution in [1.29, 1.82) is 5.26 Å². The van der Waals surface area contributed by atoms with Crippen molar-refractivity contribution in [2.24, 2.45) is 0 Å². The molecule has 0 aromatic rings. The lowest BCUT2D eigenvalue weighted by atomic mass is 10.3. The molecule has 0 aromatic carbocycles. The maximum absolute atomic E-state index is 11.7. The smallest absolute Gasteiger partial charge is 0.236 e. The van der Waals surface area contributed by atoms with Crippen LogP contribution in [0.4, 0.5) is 0 Å². The van der Waals surface area contributed by atoms with E-state index < -0.39 is 0 Å². The Kier molecular flexibility index (Phi) is 7.65. The van der Waals surface area contributed by atoms with Gasteiger partial charge < -0.3 is 4.90 Å². The molecule has 0 radical (unpaired) electrons. The number of likely N-dealkylation sites (N-methyl/N-ethyl adjacent to an activating group) is 2. The van der Waals surface area contributed by atoms with E-state index >= 15 is 0 Å². The number of rotatable bonds is 7. The summed E-state index contributed by atoms with van der Waals surface area (Å²) in [5.41, 5.74) is 0. The van der Waals surface area contributed by atoms with Crippen LogP contribution >= 0.6 is 0 Å². The molecule has 0 N–H and O–H groups in total. The molecule has 86 valence electrons. The summed E-state index contributed by atoms with van der Waals surface area (Å²) in [4.78, 5) is 15.5. The van der Waals surface area contributed by atoms with Crippen LogP contribution in [0.3, 0.4) is 0 Å². The Balaban J connectivity index is 3.80. The van der Waals surface area contributed by atoms with Crippen molar-refractivity contribution >= 4 is 5.91 Å². The van der Waals surface area contributed by atoms with E-state index in [1.54, 1.807) is 0 Å². The molecule has 0 aliphatic carbocycles. The molecule has 15 heavy (non-hydrogen) atoms. The van der Waals surface area contributed by atoms with E-state index in [-0.39, 0.29) is 5.91 Å². The second kappa shape index (κ2) is 8.25. The molecule has 4 nitrogen and oxygen atoms in total. The summed E-state index contributed by atoms with van der Waals surface area (Å²) in [5, 5.41) is 8.38. The summed E-state index contributed by atoms with van der Waals surface area (Å²) in [5.74, 6) is 0.166. The Labute approximate surface area is 92.5 Å². The first-order valence-corrected chi connectivity index (χ1v) is 5.48. The van der Waals surface area contributed by atoms with Crippen molar-refractivity contribution in [2.75, 3.05) is 33.2 Å². The van der Waals surface area contributed by atoms with Gasteiger partial charge in [0, 0.05) is 19.5 Å². The predicted octanol–water partition coefficient (Wildman–Crippen LogP) is 1.09. The Hall–Kier alpha value is -1.08. The van der Waals surface area contributed by atoms with Crippen LogP contribution in [0.2, 0.25) is 0 Å². The highest BCUT2D eigenvalue weighted by Gasteiger charge is 2.11. The maximum Gasteiger partial charge on any atom is 0.236 e. The summed E-state index contributed by atoms with van der Waals surface area (Å²) in [6, 6.07) is 2.10. The van der Waals surface area contributed by atoms with E-state index in [9.17, 15) is 4.79 Å². The highest BCUT2D eigenvalue weighted by molar-refractivity contribution is 5.78. The number of amides is 1. The summed E-state index contributed by atoms with van der Waals surface area (Å²) < 4.78 is 0. The summed E-state index contributed by atoms with van der Waals surface area (Å²) in [6.45, 7) is 6.75. The number of nitriles is 1. The van der Waals surface area contributed by atoms with Gasteiger partial charge in [-0.05, 0) is 33.9 Å². The van der Waals surface area contributed by atoms with Crippen LogP contribution in [0.1, 0.15) is 26.7 Å². The lowest BCUT2D eigenvalue weighted by Crippen LogP contribution is -2.39. The average Bonchev–Trinajstić information content (AvgIpc) is 2.20. The SMILES string of the molecule is CCN(CC)C(=O)CN(C)CCCC#N. The molecular formula is C11H21N3O. The zero-order chi connectivity index (χ0) is 11.7. The number of hydrogen-bond donors (Lipinski definition) is 0. The van der Waals surface area contributed by atoms with E-state index in [1.807, 2.05) is 30.7 Å². The zero-order valence-corrected chi connectivity index (χ0v) is 9.99. The lowest BCUT2D eigenvalue weighted by Gasteiger charge is -2.22. The molecule has 1 amide bonds. The fourth-order valence-electron chi connectivity index (χ4n) is 1.41. The van der Waals surface area contributed by atoms with Crippen molar-refractivity contribution in [3.05, 3.63) is 0 Å². The Morgan fingerprint density at radius 2 is 1.93 bits per heavy atom. The molecule has 0 bridgehead atoms. The van der Waals surface area contributed by atoms with Gasteiger partial charge in [-0.2, -0.15) is 5.26 Å². The number of carbonyl (C=O) groups is 1. The highest BCUT2D eigenvalue weighted by Crippen LogP contribution is 1.95. The van der Waals surface area contributed by atoms with E-state index in [2.05, 4.69) is 6.07 Å². The fourth-order valence-corrected chi connectivity index (χ4v) is 1.41. The largest absolute Gasteiger partial charge is 0.342 e. The molecule has 0 rings (SSSR count). The van der Waals surface area contributed by atoms with Gasteiger partial charge in [0.15, 0.2) is 0 Å². The average molecular weight is 211 g/mol. The van der Waals surface area contributed by atoms with Crippen molar-refractivity contribution in [3.8, 4) is 6.07 Å². The van der Waals surface area contributed by atoms with Gasteiger partial charge in [-0.1, -0.05) is 0 Å². The molecule has 0 fully saturated rings. The second-order valence-corrected chi connectivity index (χ2v) is 3.57. The van der Waals surface area contributed by atoms with Crippen LogP contribution in [-0.4, -0.2) is 48.9 Å². The number of hydrogen-bond acceptors (Lipinski definition) is 3. The second-order valence-electron chi connectivity index (χ2n) is 3.57. The molecule has 0 saturated heterocycles. The normalized spacial score (nSPS) is 10.1. The van der Waals surface area contributed by atoms with E-state index in [1.165, 1.54) is 0 Å². The van der Waals surface area contributed by atoms with Gasteiger partial charge in [-0.25, -0.2) is 0 Å². The maximum atomic E-state index is 11.7. The van der Waals surface area contributed by atoms with Gasteiger partial charge >= 0.3 is 0 Å². The number of unbranched alkanes of at least 4 members (excludes halogenated alkanes) is 1. The Morgan fingerprint density at radius 1 is 1.33 bits per heavy atom. The molecule has 0 aliphatic heterocycles. The molecule has 4 heteroatoms. The third kappa shape index (κ3) is 6.08. The zero-order valence-electron chi connectivity index (χ0n) is 9.99. The van der Waals surface area contributed by atoms with Crippen LogP contribution < -0.4 is 0 Å². The Bertz CT molecular complexity index is 218. The van der Waals surface area contributed by atoms with Gasteiger partial charge in [-0.3, -0.25) is 9.69 Å². The van der Waals surface area contributed by atoms with Gasteiger partial charge in [0.1, 0.15) is 0 Å². The molecule has 0 aliphatic rings. The van der Waals surface area contributed by atoms with Gasteiger partial charge in [0.05, 0.1) is 12.6 Å². The summed E-state index contributed by atoms with van der Waals surface area (Å²) in [7, 11) is 1.92. The van der Waals surface area contributed by atoms with Crippen molar-refractivity contribution in [2.45, 2.75) is 26.7 Å². The van der Waals surface area contributed by atoms with E-state index in [4.69, 9.17) is 5.26 Å². The molecular weight excluding hydrogens is 190 g/mol. The van der Waals surface area contributed by atoms with Gasteiger partial charge in [-0.15, -0.1) is 0 Å². The van der Waals surface area contributed by atoms with Gasteiger partial charge in [0.25, 0.3) is 0 Å². The minimum absolute atomic E-state index is 0.166. The molecule has 0 unspecified atom stereocenters. The standard InChI is InChI=1S/C11H21N3O/c1-4-14(5-2)11(15)10-13(3)9-7-6-8-12/h4-7,9-10H2,1-3H3. The van der Waals surface area contributed by atoms with Gasteiger partial charge in [0.2, 0.25) is 5.91 Å². The third-order valence-electron chi connectivity index (χ3n) is 2.35. The van der Waals surface area contributed by atoms with Crippen molar-refractivity contribution in [3.63, 3.8) is 0 Å². The third-order valence-corrected chi connectivity index (χ3v) is 2.35. The summed E-state index contributed by atoms with van der Waals surface area (Å²) >= 11 is 0. The minimum Gasteiger partial charge on any atom is -0.342 e.